The van der Waals surface area contributed by atoms with Gasteiger partial charge in [0.05, 0.1) is 0 Å². The van der Waals surface area contributed by atoms with Crippen LogP contribution in [0.3, 0.4) is 0 Å². The molecule has 1 aromatic rings. The molecule has 0 amide bonds. The number of fused-ring (bicyclic) bond motifs is 2. The average Bonchev–Trinajstić information content (AvgIpc) is 2.27. The Morgan fingerprint density at radius 1 is 0.733 bits per heavy atom. The molecule has 0 bridgehead atoms. The van der Waals surface area contributed by atoms with Crippen LogP contribution in [0.2, 0.25) is 0 Å². The fourth-order valence-corrected chi connectivity index (χ4v) is 2.88. The van der Waals surface area contributed by atoms with Crippen LogP contribution >= 0.6 is 0 Å². The number of hydrogen-bond acceptors (Lipinski definition) is 1. The van der Waals surface area contributed by atoms with E-state index in [9.17, 15) is 4.79 Å². The Labute approximate surface area is 90.5 Å². The van der Waals surface area contributed by atoms with Crippen LogP contribution in [0.15, 0.2) is 12.1 Å². The summed E-state index contributed by atoms with van der Waals surface area (Å²) >= 11 is 0. The molecule has 0 spiro atoms. The quantitative estimate of drug-likeness (QED) is 0.629. The van der Waals surface area contributed by atoms with Gasteiger partial charge in [-0.25, -0.2) is 0 Å². The summed E-state index contributed by atoms with van der Waals surface area (Å²) in [5, 5.41) is 0. The van der Waals surface area contributed by atoms with Gasteiger partial charge in [0.25, 0.3) is 0 Å². The van der Waals surface area contributed by atoms with E-state index in [1.54, 1.807) is 0 Å². The Bertz CT molecular complexity index is 418. The first-order chi connectivity index (χ1) is 7.34. The van der Waals surface area contributed by atoms with Gasteiger partial charge >= 0.3 is 0 Å². The van der Waals surface area contributed by atoms with E-state index in [4.69, 9.17) is 0 Å². The maximum Gasteiger partial charge on any atom is 0.163 e. The minimum absolute atomic E-state index is 0.365. The van der Waals surface area contributed by atoms with Crippen molar-refractivity contribution in [3.05, 3.63) is 34.4 Å². The standard InChI is InChI=1S/C14H16O/c15-14-7-3-6-12-8-10-4-1-2-5-11(10)9-13(12)14/h8-9H,1-7H2. The summed E-state index contributed by atoms with van der Waals surface area (Å²) in [6.07, 6.45) is 7.91. The first-order valence-corrected chi connectivity index (χ1v) is 6.02. The highest BCUT2D eigenvalue weighted by atomic mass is 16.1. The molecule has 15 heavy (non-hydrogen) atoms. The van der Waals surface area contributed by atoms with Crippen molar-refractivity contribution in [2.45, 2.75) is 44.9 Å². The molecule has 0 saturated heterocycles. The molecular weight excluding hydrogens is 184 g/mol. The summed E-state index contributed by atoms with van der Waals surface area (Å²) in [7, 11) is 0. The van der Waals surface area contributed by atoms with Crippen LogP contribution in [0, 0.1) is 0 Å². The van der Waals surface area contributed by atoms with Crippen LogP contribution in [-0.2, 0) is 19.3 Å². The molecule has 0 N–H and O–H groups in total. The number of Topliss-reactive ketones (excluding diaryl/α,β-unsaturated/α-hetero) is 1. The normalized spacial score (nSPS) is 19.6. The summed E-state index contributed by atoms with van der Waals surface area (Å²) in [4.78, 5) is 11.8. The van der Waals surface area contributed by atoms with Gasteiger partial charge in [-0.2, -0.15) is 0 Å². The van der Waals surface area contributed by atoms with Crippen molar-refractivity contribution in [1.29, 1.82) is 0 Å². The van der Waals surface area contributed by atoms with Gasteiger partial charge in [-0.05, 0) is 61.3 Å². The van der Waals surface area contributed by atoms with Gasteiger partial charge in [-0.15, -0.1) is 0 Å². The molecule has 0 fully saturated rings. The van der Waals surface area contributed by atoms with Crippen molar-refractivity contribution >= 4 is 5.78 Å². The number of rotatable bonds is 0. The predicted octanol–water partition coefficient (Wildman–Crippen LogP) is 3.08. The van der Waals surface area contributed by atoms with Gasteiger partial charge in [0.2, 0.25) is 0 Å². The highest BCUT2D eigenvalue weighted by Gasteiger charge is 2.20. The fourth-order valence-electron chi connectivity index (χ4n) is 2.88. The Morgan fingerprint density at radius 3 is 2.20 bits per heavy atom. The molecule has 0 unspecified atom stereocenters. The smallest absolute Gasteiger partial charge is 0.163 e. The van der Waals surface area contributed by atoms with Gasteiger partial charge in [0.15, 0.2) is 5.78 Å². The molecule has 0 heterocycles. The number of carbonyl (C=O) groups excluding carboxylic acids is 1. The second-order valence-corrected chi connectivity index (χ2v) is 4.76. The minimum atomic E-state index is 0.365. The van der Waals surface area contributed by atoms with Crippen LogP contribution in [0.25, 0.3) is 0 Å². The van der Waals surface area contributed by atoms with Gasteiger partial charge in [-0.3, -0.25) is 4.79 Å². The lowest BCUT2D eigenvalue weighted by molar-refractivity contribution is 0.0972. The second-order valence-electron chi connectivity index (χ2n) is 4.76. The summed E-state index contributed by atoms with van der Waals surface area (Å²) in [5.74, 6) is 0.365. The molecule has 2 aliphatic rings. The van der Waals surface area contributed by atoms with Gasteiger partial charge in [0.1, 0.15) is 0 Å². The third-order valence-corrected chi connectivity index (χ3v) is 3.72. The Morgan fingerprint density at radius 2 is 1.40 bits per heavy atom. The first-order valence-electron chi connectivity index (χ1n) is 6.02. The first kappa shape index (κ1) is 9.14. The molecule has 1 nitrogen and oxygen atoms in total. The van der Waals surface area contributed by atoms with E-state index in [1.807, 2.05) is 0 Å². The molecule has 2 aliphatic carbocycles. The van der Waals surface area contributed by atoms with Crippen LogP contribution < -0.4 is 0 Å². The van der Waals surface area contributed by atoms with Gasteiger partial charge < -0.3 is 0 Å². The number of benzene rings is 1. The van der Waals surface area contributed by atoms with Crippen molar-refractivity contribution in [2.24, 2.45) is 0 Å². The van der Waals surface area contributed by atoms with Crippen molar-refractivity contribution in [1.82, 2.24) is 0 Å². The zero-order valence-electron chi connectivity index (χ0n) is 9.01. The van der Waals surface area contributed by atoms with Gasteiger partial charge in [0, 0.05) is 12.0 Å². The topological polar surface area (TPSA) is 17.1 Å². The summed E-state index contributed by atoms with van der Waals surface area (Å²) in [6.45, 7) is 0. The summed E-state index contributed by atoms with van der Waals surface area (Å²) < 4.78 is 0. The number of ketones is 1. The Hall–Kier alpha value is -1.11. The van der Waals surface area contributed by atoms with Gasteiger partial charge in [-0.1, -0.05) is 6.07 Å². The molecule has 78 valence electrons. The average molecular weight is 200 g/mol. The molecular formula is C14H16O. The molecule has 0 aromatic heterocycles. The summed E-state index contributed by atoms with van der Waals surface area (Å²) in [5.41, 5.74) is 5.29. The summed E-state index contributed by atoms with van der Waals surface area (Å²) in [6, 6.07) is 4.49. The van der Waals surface area contributed by atoms with Crippen LogP contribution in [0.5, 0.6) is 0 Å². The predicted molar refractivity (Wildman–Crippen MR) is 60.4 cm³/mol. The van der Waals surface area contributed by atoms with Crippen molar-refractivity contribution in [2.75, 3.05) is 0 Å². The highest BCUT2D eigenvalue weighted by molar-refractivity contribution is 5.98. The zero-order valence-corrected chi connectivity index (χ0v) is 9.01. The molecule has 0 aliphatic heterocycles. The van der Waals surface area contributed by atoms with E-state index < -0.39 is 0 Å². The molecule has 1 heteroatoms. The molecule has 0 atom stereocenters. The molecule has 3 rings (SSSR count). The number of aryl methyl sites for hydroxylation is 3. The molecule has 0 saturated carbocycles. The lowest BCUT2D eigenvalue weighted by Crippen LogP contribution is -2.14. The second kappa shape index (κ2) is 3.48. The Balaban J connectivity index is 2.12. The van der Waals surface area contributed by atoms with Crippen LogP contribution in [0.4, 0.5) is 0 Å². The molecule has 1 aromatic carbocycles. The van der Waals surface area contributed by atoms with E-state index in [1.165, 1.54) is 42.4 Å². The SMILES string of the molecule is O=C1CCCc2cc3c(cc21)CCCC3. The maximum atomic E-state index is 11.8. The largest absolute Gasteiger partial charge is 0.294 e. The monoisotopic (exact) mass is 200 g/mol. The lowest BCUT2D eigenvalue weighted by atomic mass is 9.83. The third-order valence-electron chi connectivity index (χ3n) is 3.72. The Kier molecular flexibility index (Phi) is 2.12. The van der Waals surface area contributed by atoms with E-state index in [0.29, 0.717) is 5.78 Å². The third kappa shape index (κ3) is 1.50. The lowest BCUT2D eigenvalue weighted by Gasteiger charge is -2.21. The maximum absolute atomic E-state index is 11.8. The minimum Gasteiger partial charge on any atom is -0.294 e. The fraction of sp³-hybridized carbons (Fsp3) is 0.500. The molecule has 0 radical (unpaired) electrons. The van der Waals surface area contributed by atoms with E-state index in [0.717, 1.165) is 24.8 Å². The van der Waals surface area contributed by atoms with Crippen molar-refractivity contribution in [3.8, 4) is 0 Å². The van der Waals surface area contributed by atoms with E-state index in [2.05, 4.69) is 12.1 Å². The van der Waals surface area contributed by atoms with Crippen LogP contribution in [-0.4, -0.2) is 5.78 Å². The highest BCUT2D eigenvalue weighted by Crippen LogP contribution is 2.29. The number of carbonyl (C=O) groups is 1. The van der Waals surface area contributed by atoms with E-state index >= 15 is 0 Å². The number of hydrogen-bond donors (Lipinski definition) is 0. The van der Waals surface area contributed by atoms with Crippen molar-refractivity contribution in [3.63, 3.8) is 0 Å². The van der Waals surface area contributed by atoms with Crippen molar-refractivity contribution < 1.29 is 4.79 Å². The van der Waals surface area contributed by atoms with Crippen LogP contribution in [0.1, 0.15) is 52.7 Å². The van der Waals surface area contributed by atoms with E-state index in [-0.39, 0.29) is 0 Å². The zero-order chi connectivity index (χ0) is 10.3.